The van der Waals surface area contributed by atoms with Crippen molar-refractivity contribution in [2.24, 2.45) is 0 Å². The van der Waals surface area contributed by atoms with E-state index in [-0.39, 0.29) is 18.3 Å². The first kappa shape index (κ1) is 16.9. The van der Waals surface area contributed by atoms with Crippen molar-refractivity contribution in [1.29, 1.82) is 0 Å². The van der Waals surface area contributed by atoms with Crippen LogP contribution in [0.15, 0.2) is 12.4 Å². The molecule has 3 aliphatic rings. The van der Waals surface area contributed by atoms with Crippen LogP contribution in [-0.4, -0.2) is 50.7 Å². The average molecular weight is 349 g/mol. The summed E-state index contributed by atoms with van der Waals surface area (Å²) in [6.07, 6.45) is 9.18. The first-order valence-corrected chi connectivity index (χ1v) is 9.99. The molecule has 3 heterocycles. The number of rotatable bonds is 4. The molecule has 7 heteroatoms. The van der Waals surface area contributed by atoms with Gasteiger partial charge >= 0.3 is 7.12 Å². The van der Waals surface area contributed by atoms with Crippen molar-refractivity contribution in [3.8, 4) is 0 Å². The molecule has 2 aliphatic heterocycles. The van der Waals surface area contributed by atoms with Crippen LogP contribution in [0.2, 0.25) is 0 Å². The van der Waals surface area contributed by atoms with Crippen molar-refractivity contribution in [3.05, 3.63) is 12.4 Å². The number of piperidine rings is 1. The minimum atomic E-state index is -0.311. The van der Waals surface area contributed by atoms with Crippen LogP contribution in [0.25, 0.3) is 0 Å². The lowest BCUT2D eigenvalue weighted by atomic mass is 9.82. The van der Waals surface area contributed by atoms with Crippen molar-refractivity contribution >= 4 is 24.5 Å². The first-order valence-electron chi connectivity index (χ1n) is 9.15. The Hall–Kier alpha value is -0.495. The molecule has 3 fully saturated rings. The summed E-state index contributed by atoms with van der Waals surface area (Å²) in [5.74, 6) is 0. The van der Waals surface area contributed by atoms with E-state index in [1.54, 1.807) is 0 Å². The summed E-state index contributed by atoms with van der Waals surface area (Å²) in [4.78, 5) is 0. The molecule has 1 aliphatic carbocycles. The summed E-state index contributed by atoms with van der Waals surface area (Å²) in [6.45, 7) is 10.7. The molecule has 4 rings (SSSR count). The van der Waals surface area contributed by atoms with E-state index < -0.39 is 0 Å². The van der Waals surface area contributed by atoms with Gasteiger partial charge in [0.05, 0.1) is 17.2 Å². The van der Waals surface area contributed by atoms with E-state index in [0.29, 0.717) is 6.04 Å². The Morgan fingerprint density at radius 1 is 1.08 bits per heavy atom. The van der Waals surface area contributed by atoms with E-state index in [2.05, 4.69) is 59.9 Å². The van der Waals surface area contributed by atoms with Crippen LogP contribution in [-0.2, 0) is 9.31 Å². The van der Waals surface area contributed by atoms with Crippen LogP contribution < -0.4 is 5.46 Å². The summed E-state index contributed by atoms with van der Waals surface area (Å²) in [7, 11) is -0.311. The van der Waals surface area contributed by atoms with Gasteiger partial charge in [-0.15, -0.1) is 0 Å². The number of nitrogens with zero attached hydrogens (tertiary/aromatic N) is 3. The number of hydrogen-bond donors (Lipinski definition) is 0. The monoisotopic (exact) mass is 349 g/mol. The van der Waals surface area contributed by atoms with Crippen LogP contribution in [0, 0.1) is 0 Å². The lowest BCUT2D eigenvalue weighted by Gasteiger charge is -2.32. The Labute approximate surface area is 149 Å². The molecule has 0 spiro atoms. The molecule has 0 unspecified atom stereocenters. The van der Waals surface area contributed by atoms with Crippen LogP contribution in [0.1, 0.15) is 59.4 Å². The zero-order valence-electron chi connectivity index (χ0n) is 15.2. The molecule has 0 aromatic carbocycles. The predicted molar refractivity (Wildman–Crippen MR) is 98.4 cm³/mol. The highest BCUT2D eigenvalue weighted by atomic mass is 32.2. The molecule has 0 radical (unpaired) electrons. The summed E-state index contributed by atoms with van der Waals surface area (Å²) in [5, 5.41) is 5.51. The van der Waals surface area contributed by atoms with Crippen LogP contribution in [0.5, 0.6) is 0 Å². The fourth-order valence-corrected chi connectivity index (χ4v) is 4.44. The standard InChI is InChI=1S/C17H28BN3O2S/c1-16(2)17(3,4)23-18(22-16)13-11-19-21(12-13)14-7-9-20(10-8-14)24-15-5-6-15/h11-12,14-15H,5-10H2,1-4H3. The van der Waals surface area contributed by atoms with Crippen molar-refractivity contribution in [3.63, 3.8) is 0 Å². The van der Waals surface area contributed by atoms with Crippen LogP contribution >= 0.6 is 11.9 Å². The average Bonchev–Trinajstić information content (AvgIpc) is 3.13. The van der Waals surface area contributed by atoms with E-state index >= 15 is 0 Å². The van der Waals surface area contributed by atoms with Crippen molar-refractivity contribution in [2.45, 2.75) is 75.9 Å². The van der Waals surface area contributed by atoms with E-state index in [1.807, 2.05) is 6.20 Å². The minimum absolute atomic E-state index is 0.300. The van der Waals surface area contributed by atoms with Gasteiger partial charge in [-0.05, 0) is 53.4 Å². The van der Waals surface area contributed by atoms with E-state index in [1.165, 1.54) is 25.7 Å². The molecular weight excluding hydrogens is 321 g/mol. The summed E-state index contributed by atoms with van der Waals surface area (Å²) in [6, 6.07) is 0.497. The van der Waals surface area contributed by atoms with Gasteiger partial charge in [-0.3, -0.25) is 8.99 Å². The zero-order valence-corrected chi connectivity index (χ0v) is 16.0. The normalized spacial score (nSPS) is 27.8. The molecule has 1 aromatic heterocycles. The second kappa shape index (κ2) is 6.04. The Kier molecular flexibility index (Phi) is 4.27. The molecule has 1 aromatic rings. The van der Waals surface area contributed by atoms with Gasteiger partial charge in [0, 0.05) is 36.2 Å². The zero-order chi connectivity index (χ0) is 16.9. The largest absolute Gasteiger partial charge is 0.498 e. The van der Waals surface area contributed by atoms with E-state index in [4.69, 9.17) is 9.31 Å². The lowest BCUT2D eigenvalue weighted by Crippen LogP contribution is -2.41. The van der Waals surface area contributed by atoms with Gasteiger partial charge in [-0.2, -0.15) is 5.10 Å². The second-order valence-corrected chi connectivity index (χ2v) is 9.70. The Morgan fingerprint density at radius 3 is 2.29 bits per heavy atom. The minimum Gasteiger partial charge on any atom is -0.399 e. The van der Waals surface area contributed by atoms with Gasteiger partial charge < -0.3 is 9.31 Å². The van der Waals surface area contributed by atoms with Crippen molar-refractivity contribution < 1.29 is 9.31 Å². The Balaban J connectivity index is 1.37. The third-order valence-electron chi connectivity index (χ3n) is 5.77. The van der Waals surface area contributed by atoms with Crippen LogP contribution in [0.3, 0.4) is 0 Å². The molecule has 2 saturated heterocycles. The molecule has 0 amide bonds. The number of hydrogen-bond acceptors (Lipinski definition) is 5. The Morgan fingerprint density at radius 2 is 1.71 bits per heavy atom. The van der Waals surface area contributed by atoms with Crippen LogP contribution in [0.4, 0.5) is 0 Å². The molecule has 24 heavy (non-hydrogen) atoms. The number of aromatic nitrogens is 2. The summed E-state index contributed by atoms with van der Waals surface area (Å²) >= 11 is 2.07. The fraction of sp³-hybridized carbons (Fsp3) is 0.824. The summed E-state index contributed by atoms with van der Waals surface area (Å²) < 4.78 is 16.9. The smallest absolute Gasteiger partial charge is 0.399 e. The van der Waals surface area contributed by atoms with Gasteiger partial charge in [-0.25, -0.2) is 0 Å². The molecular formula is C17H28BN3O2S. The summed E-state index contributed by atoms with van der Waals surface area (Å²) in [5.41, 5.74) is 0.430. The predicted octanol–water partition coefficient (Wildman–Crippen LogP) is 2.63. The van der Waals surface area contributed by atoms with Gasteiger partial charge in [0.1, 0.15) is 0 Å². The van der Waals surface area contributed by atoms with Crippen molar-refractivity contribution in [2.75, 3.05) is 13.1 Å². The lowest BCUT2D eigenvalue weighted by molar-refractivity contribution is 0.00578. The first-order chi connectivity index (χ1) is 11.3. The second-order valence-electron chi connectivity index (χ2n) is 8.31. The van der Waals surface area contributed by atoms with Gasteiger partial charge in [0.25, 0.3) is 0 Å². The maximum Gasteiger partial charge on any atom is 0.498 e. The Bertz CT molecular complexity index is 578. The van der Waals surface area contributed by atoms with E-state index in [0.717, 1.165) is 23.8 Å². The highest BCUT2D eigenvalue weighted by molar-refractivity contribution is 7.97. The molecule has 132 valence electrons. The van der Waals surface area contributed by atoms with Gasteiger partial charge in [0.15, 0.2) is 0 Å². The highest BCUT2D eigenvalue weighted by Crippen LogP contribution is 2.39. The SMILES string of the molecule is CC1(C)OB(c2cnn(C3CCN(SC4CC4)CC3)c2)OC1(C)C. The molecule has 0 N–H and O–H groups in total. The maximum absolute atomic E-state index is 6.13. The van der Waals surface area contributed by atoms with Gasteiger partial charge in [0.2, 0.25) is 0 Å². The molecule has 5 nitrogen and oxygen atoms in total. The third kappa shape index (κ3) is 3.28. The topological polar surface area (TPSA) is 39.5 Å². The molecule has 0 atom stereocenters. The van der Waals surface area contributed by atoms with Crippen molar-refractivity contribution in [1.82, 2.24) is 14.1 Å². The van der Waals surface area contributed by atoms with E-state index in [9.17, 15) is 0 Å². The maximum atomic E-state index is 6.13. The quantitative estimate of drug-likeness (QED) is 0.617. The fourth-order valence-electron chi connectivity index (χ4n) is 3.25. The molecule has 0 bridgehead atoms. The third-order valence-corrected chi connectivity index (χ3v) is 7.20. The van der Waals surface area contributed by atoms with Gasteiger partial charge in [-0.1, -0.05) is 11.9 Å². The highest BCUT2D eigenvalue weighted by Gasteiger charge is 2.52. The molecule has 1 saturated carbocycles.